The maximum atomic E-state index is 3.49. The summed E-state index contributed by atoms with van der Waals surface area (Å²) in [6.07, 6.45) is 1.19. The fourth-order valence-corrected chi connectivity index (χ4v) is 4.24. The Bertz CT molecular complexity index is 531. The van der Waals surface area contributed by atoms with E-state index in [0.717, 1.165) is 19.6 Å². The van der Waals surface area contributed by atoms with E-state index in [2.05, 4.69) is 61.6 Å². The van der Waals surface area contributed by atoms with Gasteiger partial charge in [0.1, 0.15) is 0 Å². The summed E-state index contributed by atoms with van der Waals surface area (Å²) < 4.78 is 0. The fraction of sp³-hybridized carbons (Fsp3) is 0.529. The highest BCUT2D eigenvalue weighted by Crippen LogP contribution is 2.28. The van der Waals surface area contributed by atoms with Crippen LogP contribution in [0, 0.1) is 6.92 Å². The standard InChI is InChI=1S/C17H26N2S2/c1-5-8-18-11-16-10-15(14(3)21-16)12-19(4)13(2)17-7-6-9-20-17/h6-7,9-10,13,18H,5,8,11-12H2,1-4H3. The molecule has 0 saturated carbocycles. The normalized spacial score (nSPS) is 13.0. The molecule has 0 aliphatic rings. The molecule has 0 bridgehead atoms. The van der Waals surface area contributed by atoms with Crippen molar-refractivity contribution in [3.8, 4) is 0 Å². The van der Waals surface area contributed by atoms with Crippen molar-refractivity contribution in [2.75, 3.05) is 13.6 Å². The van der Waals surface area contributed by atoms with Gasteiger partial charge in [0.25, 0.3) is 0 Å². The number of nitrogens with zero attached hydrogens (tertiary/aromatic N) is 1. The van der Waals surface area contributed by atoms with Gasteiger partial charge in [-0.3, -0.25) is 4.90 Å². The highest BCUT2D eigenvalue weighted by molar-refractivity contribution is 7.12. The minimum Gasteiger partial charge on any atom is -0.312 e. The zero-order valence-corrected chi connectivity index (χ0v) is 15.1. The van der Waals surface area contributed by atoms with Crippen LogP contribution in [0.5, 0.6) is 0 Å². The van der Waals surface area contributed by atoms with E-state index < -0.39 is 0 Å². The van der Waals surface area contributed by atoms with Gasteiger partial charge in [-0.25, -0.2) is 0 Å². The third-order valence-electron chi connectivity index (χ3n) is 3.83. The summed E-state index contributed by atoms with van der Waals surface area (Å²) in [4.78, 5) is 6.78. The van der Waals surface area contributed by atoms with Gasteiger partial charge in [-0.05, 0) is 56.9 Å². The van der Waals surface area contributed by atoms with Crippen molar-refractivity contribution in [3.05, 3.63) is 43.8 Å². The van der Waals surface area contributed by atoms with E-state index in [1.54, 1.807) is 0 Å². The average molecular weight is 323 g/mol. The Balaban J connectivity index is 1.95. The summed E-state index contributed by atoms with van der Waals surface area (Å²) in [6, 6.07) is 7.22. The molecule has 0 amide bonds. The molecule has 2 heterocycles. The molecule has 21 heavy (non-hydrogen) atoms. The fourth-order valence-electron chi connectivity index (χ4n) is 2.37. The molecule has 4 heteroatoms. The molecule has 2 rings (SSSR count). The smallest absolute Gasteiger partial charge is 0.0413 e. The molecule has 2 nitrogen and oxygen atoms in total. The van der Waals surface area contributed by atoms with Crippen LogP contribution in [0.25, 0.3) is 0 Å². The molecule has 0 fully saturated rings. The largest absolute Gasteiger partial charge is 0.312 e. The highest BCUT2D eigenvalue weighted by atomic mass is 32.1. The Morgan fingerprint density at radius 3 is 2.86 bits per heavy atom. The second-order valence-electron chi connectivity index (χ2n) is 5.58. The average Bonchev–Trinajstić information content (AvgIpc) is 3.09. The number of thiophene rings is 2. The predicted octanol–water partition coefficient (Wildman–Crippen LogP) is 4.81. The first kappa shape index (κ1) is 16.7. The van der Waals surface area contributed by atoms with Gasteiger partial charge < -0.3 is 5.32 Å². The van der Waals surface area contributed by atoms with E-state index >= 15 is 0 Å². The van der Waals surface area contributed by atoms with Gasteiger partial charge in [-0.15, -0.1) is 22.7 Å². The van der Waals surface area contributed by atoms with E-state index in [1.165, 1.54) is 26.6 Å². The summed E-state index contributed by atoms with van der Waals surface area (Å²) in [5.74, 6) is 0. The maximum absolute atomic E-state index is 3.49. The lowest BCUT2D eigenvalue weighted by Crippen LogP contribution is -2.21. The van der Waals surface area contributed by atoms with Crippen LogP contribution in [-0.2, 0) is 13.1 Å². The first-order valence-electron chi connectivity index (χ1n) is 7.64. The molecular formula is C17H26N2S2. The lowest BCUT2D eigenvalue weighted by molar-refractivity contribution is 0.256. The van der Waals surface area contributed by atoms with Crippen molar-refractivity contribution in [2.24, 2.45) is 0 Å². The van der Waals surface area contributed by atoms with Crippen molar-refractivity contribution >= 4 is 22.7 Å². The van der Waals surface area contributed by atoms with Gasteiger partial charge in [-0.2, -0.15) is 0 Å². The number of hydrogen-bond acceptors (Lipinski definition) is 4. The molecule has 0 aromatic carbocycles. The van der Waals surface area contributed by atoms with Crippen molar-refractivity contribution in [1.82, 2.24) is 10.2 Å². The Kier molecular flexibility index (Phi) is 6.42. The van der Waals surface area contributed by atoms with E-state index in [1.807, 2.05) is 22.7 Å². The Morgan fingerprint density at radius 1 is 1.38 bits per heavy atom. The minimum atomic E-state index is 0.478. The summed E-state index contributed by atoms with van der Waals surface area (Å²) in [5, 5.41) is 5.65. The quantitative estimate of drug-likeness (QED) is 0.702. The van der Waals surface area contributed by atoms with Crippen molar-refractivity contribution < 1.29 is 0 Å². The van der Waals surface area contributed by atoms with Gasteiger partial charge in [-0.1, -0.05) is 13.0 Å². The molecule has 1 N–H and O–H groups in total. The van der Waals surface area contributed by atoms with Gasteiger partial charge >= 0.3 is 0 Å². The SMILES string of the molecule is CCCNCc1cc(CN(C)C(C)c2cccs2)c(C)s1. The van der Waals surface area contributed by atoms with Crippen molar-refractivity contribution in [1.29, 1.82) is 0 Å². The van der Waals surface area contributed by atoms with Gasteiger partial charge in [0.2, 0.25) is 0 Å². The molecule has 0 radical (unpaired) electrons. The molecule has 0 spiro atoms. The maximum Gasteiger partial charge on any atom is 0.0413 e. The lowest BCUT2D eigenvalue weighted by atomic mass is 10.2. The van der Waals surface area contributed by atoms with Crippen molar-refractivity contribution in [3.63, 3.8) is 0 Å². The highest BCUT2D eigenvalue weighted by Gasteiger charge is 2.15. The molecule has 1 atom stereocenters. The summed E-state index contributed by atoms with van der Waals surface area (Å²) in [7, 11) is 2.22. The zero-order chi connectivity index (χ0) is 15.2. The molecule has 116 valence electrons. The van der Waals surface area contributed by atoms with Crippen LogP contribution >= 0.6 is 22.7 Å². The lowest BCUT2D eigenvalue weighted by Gasteiger charge is -2.23. The molecule has 2 aromatic rings. The second kappa shape index (κ2) is 8.08. The Labute approximate surface area is 136 Å². The van der Waals surface area contributed by atoms with Crippen LogP contribution in [0.15, 0.2) is 23.6 Å². The summed E-state index contributed by atoms with van der Waals surface area (Å²) in [6.45, 7) is 9.86. The monoisotopic (exact) mass is 322 g/mol. The molecule has 2 aromatic heterocycles. The van der Waals surface area contributed by atoms with Gasteiger partial charge in [0.15, 0.2) is 0 Å². The number of aryl methyl sites for hydroxylation is 1. The molecule has 0 saturated heterocycles. The number of hydrogen-bond donors (Lipinski definition) is 1. The van der Waals surface area contributed by atoms with Crippen LogP contribution < -0.4 is 5.32 Å². The van der Waals surface area contributed by atoms with E-state index in [4.69, 9.17) is 0 Å². The summed E-state index contributed by atoms with van der Waals surface area (Å²) >= 11 is 3.77. The zero-order valence-electron chi connectivity index (χ0n) is 13.5. The third-order valence-corrected chi connectivity index (χ3v) is 5.97. The topological polar surface area (TPSA) is 15.3 Å². The van der Waals surface area contributed by atoms with E-state index in [0.29, 0.717) is 6.04 Å². The van der Waals surface area contributed by atoms with Crippen LogP contribution in [0.4, 0.5) is 0 Å². The Hall–Kier alpha value is -0.680. The van der Waals surface area contributed by atoms with E-state index in [-0.39, 0.29) is 0 Å². The summed E-state index contributed by atoms with van der Waals surface area (Å²) in [5.41, 5.74) is 1.47. The predicted molar refractivity (Wildman–Crippen MR) is 95.3 cm³/mol. The molecular weight excluding hydrogens is 296 g/mol. The molecule has 1 unspecified atom stereocenters. The van der Waals surface area contributed by atoms with E-state index in [9.17, 15) is 0 Å². The van der Waals surface area contributed by atoms with Crippen molar-refractivity contribution in [2.45, 2.75) is 46.3 Å². The Morgan fingerprint density at radius 2 is 2.19 bits per heavy atom. The molecule has 0 aliphatic heterocycles. The first-order valence-corrected chi connectivity index (χ1v) is 9.34. The van der Waals surface area contributed by atoms with Gasteiger partial charge in [0, 0.05) is 33.8 Å². The number of nitrogens with one attached hydrogen (secondary N) is 1. The van der Waals surface area contributed by atoms with Crippen LogP contribution in [0.3, 0.4) is 0 Å². The van der Waals surface area contributed by atoms with Crippen LogP contribution in [0.2, 0.25) is 0 Å². The minimum absolute atomic E-state index is 0.478. The molecule has 0 aliphatic carbocycles. The van der Waals surface area contributed by atoms with Crippen LogP contribution in [0.1, 0.15) is 46.5 Å². The first-order chi connectivity index (χ1) is 10.1. The third kappa shape index (κ3) is 4.65. The van der Waals surface area contributed by atoms with Gasteiger partial charge in [0.05, 0.1) is 0 Å². The number of rotatable bonds is 8. The second-order valence-corrected chi connectivity index (χ2v) is 7.90. The van der Waals surface area contributed by atoms with Crippen LogP contribution in [-0.4, -0.2) is 18.5 Å².